The van der Waals surface area contributed by atoms with Crippen molar-refractivity contribution in [2.75, 3.05) is 50.9 Å². The summed E-state index contributed by atoms with van der Waals surface area (Å²) in [5.74, 6) is 0.442. The van der Waals surface area contributed by atoms with E-state index in [1.807, 2.05) is 23.1 Å². The van der Waals surface area contributed by atoms with Gasteiger partial charge in [0.2, 0.25) is 0 Å². The lowest BCUT2D eigenvalue weighted by Crippen LogP contribution is -2.53. The molecule has 2 saturated heterocycles. The van der Waals surface area contributed by atoms with Crippen LogP contribution in [-0.4, -0.2) is 89.9 Å². The summed E-state index contributed by atoms with van der Waals surface area (Å²) in [5.41, 5.74) is 1.49. The summed E-state index contributed by atoms with van der Waals surface area (Å²) in [6, 6.07) is 8.84. The Bertz CT molecular complexity index is 1160. The molecule has 2 unspecified atom stereocenters. The van der Waals surface area contributed by atoms with E-state index in [4.69, 9.17) is 47.6 Å². The molecule has 11 heteroatoms. The monoisotopic (exact) mass is 552 g/mol. The fourth-order valence-electron chi connectivity index (χ4n) is 5.56. The van der Waals surface area contributed by atoms with Crippen LogP contribution in [0.25, 0.3) is 0 Å². The van der Waals surface area contributed by atoms with Gasteiger partial charge in [0.1, 0.15) is 29.5 Å². The van der Waals surface area contributed by atoms with Crippen LogP contribution in [0.2, 0.25) is 10.0 Å². The molecule has 3 heterocycles. The largest absolute Gasteiger partial charge is 0.490 e. The SMILES string of the molecule is O=C(O)COc1cc(Cl)c(OCCO)cc1N1CC(O)C(N2CCC3(CC2)Cc2cc(Cl)ccc2O3)C1. The number of aliphatic hydroxyl groups excluding tert-OH is 2. The maximum absolute atomic E-state index is 11.1. The Kier molecular flexibility index (Phi) is 7.60. The average Bonchev–Trinajstić information content (AvgIpc) is 3.42. The maximum Gasteiger partial charge on any atom is 0.341 e. The summed E-state index contributed by atoms with van der Waals surface area (Å²) < 4.78 is 17.4. The maximum atomic E-state index is 11.1. The molecule has 2 atom stereocenters. The standard InChI is InChI=1S/C26H30Cl2N2O7/c27-17-1-2-22-16(9-17)12-26(37-22)3-5-29(6-4-26)20-13-30(14-21(20)32)19-11-23(35-8-7-31)18(28)10-24(19)36-15-25(33)34/h1-2,9-11,20-21,31-32H,3-8,12-15H2,(H,33,34). The van der Waals surface area contributed by atoms with Gasteiger partial charge in [-0.15, -0.1) is 0 Å². The molecule has 3 aliphatic heterocycles. The second-order valence-corrected chi connectivity index (χ2v) is 10.6. The second kappa shape index (κ2) is 10.7. The van der Waals surface area contributed by atoms with E-state index < -0.39 is 18.7 Å². The predicted molar refractivity (Wildman–Crippen MR) is 138 cm³/mol. The number of nitrogens with zero attached hydrogens (tertiary/aromatic N) is 2. The Morgan fingerprint density at radius 3 is 2.62 bits per heavy atom. The van der Waals surface area contributed by atoms with Crippen LogP contribution >= 0.6 is 23.2 Å². The van der Waals surface area contributed by atoms with Crippen molar-refractivity contribution in [3.8, 4) is 17.2 Å². The number of carboxylic acid groups (broad SMARTS) is 1. The van der Waals surface area contributed by atoms with E-state index in [9.17, 15) is 9.90 Å². The third-order valence-corrected chi connectivity index (χ3v) is 7.88. The Morgan fingerprint density at radius 1 is 1.11 bits per heavy atom. The summed E-state index contributed by atoms with van der Waals surface area (Å²) in [6.07, 6.45) is 1.91. The van der Waals surface area contributed by atoms with Crippen molar-refractivity contribution in [1.82, 2.24) is 4.90 Å². The molecular formula is C26H30Cl2N2O7. The van der Waals surface area contributed by atoms with Crippen molar-refractivity contribution in [2.45, 2.75) is 37.0 Å². The third kappa shape index (κ3) is 5.56. The van der Waals surface area contributed by atoms with Crippen LogP contribution in [0.4, 0.5) is 5.69 Å². The Labute approximate surface area is 225 Å². The van der Waals surface area contributed by atoms with Gasteiger partial charge in [-0.2, -0.15) is 0 Å². The number of benzene rings is 2. The highest BCUT2D eigenvalue weighted by atomic mass is 35.5. The lowest BCUT2D eigenvalue weighted by molar-refractivity contribution is -0.139. The lowest BCUT2D eigenvalue weighted by atomic mass is 9.86. The van der Waals surface area contributed by atoms with E-state index >= 15 is 0 Å². The minimum Gasteiger partial charge on any atom is -0.490 e. The molecule has 9 nitrogen and oxygen atoms in total. The molecule has 200 valence electrons. The van der Waals surface area contributed by atoms with Gasteiger partial charge >= 0.3 is 5.97 Å². The molecular weight excluding hydrogens is 523 g/mol. The van der Waals surface area contributed by atoms with Gasteiger partial charge in [-0.1, -0.05) is 23.2 Å². The number of rotatable bonds is 8. The van der Waals surface area contributed by atoms with Crippen molar-refractivity contribution < 1.29 is 34.3 Å². The van der Waals surface area contributed by atoms with Gasteiger partial charge in [0.05, 0.1) is 29.5 Å². The zero-order valence-electron chi connectivity index (χ0n) is 20.2. The first-order valence-corrected chi connectivity index (χ1v) is 13.1. The topological polar surface area (TPSA) is 112 Å². The van der Waals surface area contributed by atoms with E-state index in [2.05, 4.69) is 4.90 Å². The molecule has 3 aliphatic rings. The average molecular weight is 553 g/mol. The fraction of sp³-hybridized carbons (Fsp3) is 0.500. The molecule has 0 radical (unpaired) electrons. The zero-order valence-corrected chi connectivity index (χ0v) is 21.7. The van der Waals surface area contributed by atoms with Gasteiger partial charge in [-0.25, -0.2) is 4.79 Å². The summed E-state index contributed by atoms with van der Waals surface area (Å²) in [7, 11) is 0. The van der Waals surface area contributed by atoms with Gasteiger partial charge in [0, 0.05) is 62.6 Å². The fourth-order valence-corrected chi connectivity index (χ4v) is 5.96. The summed E-state index contributed by atoms with van der Waals surface area (Å²) in [6.45, 7) is 1.80. The molecule has 2 fully saturated rings. The first-order chi connectivity index (χ1) is 17.8. The van der Waals surface area contributed by atoms with Crippen LogP contribution in [0.1, 0.15) is 18.4 Å². The normalized spacial score (nSPS) is 22.6. The Hall–Kier alpha value is -2.43. The van der Waals surface area contributed by atoms with Gasteiger partial charge in [0.25, 0.3) is 0 Å². The molecule has 0 saturated carbocycles. The number of halogens is 2. The summed E-state index contributed by atoms with van der Waals surface area (Å²) >= 11 is 12.5. The van der Waals surface area contributed by atoms with E-state index in [1.54, 1.807) is 6.07 Å². The van der Waals surface area contributed by atoms with Crippen molar-refractivity contribution in [3.63, 3.8) is 0 Å². The molecule has 3 N–H and O–H groups in total. The number of β-amino-alcohol motifs (C(OH)–C–C–N with tert-alkyl or cyclic N) is 1. The number of piperidine rings is 1. The summed E-state index contributed by atoms with van der Waals surface area (Å²) in [4.78, 5) is 15.4. The van der Waals surface area contributed by atoms with Crippen LogP contribution in [0, 0.1) is 0 Å². The highest BCUT2D eigenvalue weighted by Crippen LogP contribution is 2.44. The molecule has 0 amide bonds. The number of carbonyl (C=O) groups is 1. The number of ether oxygens (including phenoxy) is 3. The van der Waals surface area contributed by atoms with Gasteiger partial charge < -0.3 is 34.4 Å². The minimum absolute atomic E-state index is 0.0629. The molecule has 0 bridgehead atoms. The van der Waals surface area contributed by atoms with Crippen molar-refractivity contribution in [3.05, 3.63) is 45.9 Å². The first-order valence-electron chi connectivity index (χ1n) is 12.3. The molecule has 0 aliphatic carbocycles. The number of fused-ring (bicyclic) bond motifs is 1. The van der Waals surface area contributed by atoms with Crippen LogP contribution < -0.4 is 19.1 Å². The quantitative estimate of drug-likeness (QED) is 0.455. The number of carboxylic acids is 1. The van der Waals surface area contributed by atoms with Gasteiger partial charge in [0.15, 0.2) is 6.61 Å². The Morgan fingerprint density at radius 2 is 1.89 bits per heavy atom. The lowest BCUT2D eigenvalue weighted by Gasteiger charge is -2.41. The number of anilines is 1. The number of aliphatic hydroxyl groups is 2. The van der Waals surface area contributed by atoms with E-state index in [-0.39, 0.29) is 29.9 Å². The second-order valence-electron chi connectivity index (χ2n) is 9.79. The Balaban J connectivity index is 1.28. The number of aliphatic carboxylic acids is 1. The van der Waals surface area contributed by atoms with Crippen LogP contribution in [0.5, 0.6) is 17.2 Å². The molecule has 1 spiro atoms. The van der Waals surface area contributed by atoms with E-state index in [1.165, 1.54) is 6.07 Å². The predicted octanol–water partition coefficient (Wildman–Crippen LogP) is 2.85. The zero-order chi connectivity index (χ0) is 26.2. The highest BCUT2D eigenvalue weighted by molar-refractivity contribution is 6.32. The van der Waals surface area contributed by atoms with Crippen molar-refractivity contribution in [1.29, 1.82) is 0 Å². The molecule has 2 aromatic carbocycles. The van der Waals surface area contributed by atoms with Gasteiger partial charge in [-0.3, -0.25) is 4.90 Å². The van der Waals surface area contributed by atoms with Crippen LogP contribution in [-0.2, 0) is 11.2 Å². The first kappa shape index (κ1) is 26.2. The number of hydrogen-bond donors (Lipinski definition) is 3. The van der Waals surface area contributed by atoms with Gasteiger partial charge in [-0.05, 0) is 23.8 Å². The van der Waals surface area contributed by atoms with Crippen molar-refractivity contribution in [2.24, 2.45) is 0 Å². The molecule has 2 aromatic rings. The smallest absolute Gasteiger partial charge is 0.341 e. The molecule has 37 heavy (non-hydrogen) atoms. The van der Waals surface area contributed by atoms with Crippen LogP contribution in [0.15, 0.2) is 30.3 Å². The third-order valence-electron chi connectivity index (χ3n) is 7.35. The number of hydrogen-bond acceptors (Lipinski definition) is 8. The van der Waals surface area contributed by atoms with E-state index in [0.717, 1.165) is 43.7 Å². The molecule has 0 aromatic heterocycles. The minimum atomic E-state index is -1.11. The highest BCUT2D eigenvalue weighted by Gasteiger charge is 2.45. The van der Waals surface area contributed by atoms with Crippen LogP contribution in [0.3, 0.4) is 0 Å². The summed E-state index contributed by atoms with van der Waals surface area (Å²) in [5, 5.41) is 30.2. The number of likely N-dealkylation sites (tertiary alicyclic amines) is 1. The van der Waals surface area contributed by atoms with Crippen molar-refractivity contribution >= 4 is 34.9 Å². The molecule has 5 rings (SSSR count). The van der Waals surface area contributed by atoms with E-state index in [0.29, 0.717) is 35.3 Å².